The Morgan fingerprint density at radius 3 is 2.36 bits per heavy atom. The third-order valence-electron chi connectivity index (χ3n) is 1.64. The van der Waals surface area contributed by atoms with Crippen molar-refractivity contribution in [2.24, 2.45) is 0 Å². The fourth-order valence-corrected chi connectivity index (χ4v) is 1.18. The van der Waals surface area contributed by atoms with Gasteiger partial charge in [0.15, 0.2) is 0 Å². The molecule has 0 saturated heterocycles. The number of hydrogen-bond acceptors (Lipinski definition) is 3. The van der Waals surface area contributed by atoms with Gasteiger partial charge in [0.05, 0.1) is 11.4 Å². The number of rotatable bonds is 1. The van der Waals surface area contributed by atoms with Crippen LogP contribution < -0.4 is 16.8 Å². The molecule has 5 N–H and O–H groups in total. The van der Waals surface area contributed by atoms with E-state index in [1.807, 2.05) is 20.0 Å². The van der Waals surface area contributed by atoms with Crippen molar-refractivity contribution in [3.63, 3.8) is 0 Å². The number of benzene rings is 1. The monoisotopic (exact) mass is 151 g/mol. The molecule has 0 radical (unpaired) electrons. The minimum absolute atomic E-state index is 0.699. The van der Waals surface area contributed by atoms with Gasteiger partial charge in [-0.05, 0) is 24.6 Å². The lowest BCUT2D eigenvalue weighted by atomic mass is 10.1. The molecule has 1 rings (SSSR count). The molecule has 0 fully saturated rings. The van der Waals surface area contributed by atoms with Gasteiger partial charge in [-0.15, -0.1) is 0 Å². The second-order valence-corrected chi connectivity index (χ2v) is 2.55. The number of nitrogens with two attached hydrogens (primary N) is 2. The third kappa shape index (κ3) is 1.37. The molecule has 0 saturated carbocycles. The zero-order valence-corrected chi connectivity index (χ0v) is 6.81. The third-order valence-corrected chi connectivity index (χ3v) is 1.64. The maximum absolute atomic E-state index is 5.69. The van der Waals surface area contributed by atoms with Gasteiger partial charge in [0.1, 0.15) is 0 Å². The Morgan fingerprint density at radius 1 is 1.27 bits per heavy atom. The highest BCUT2D eigenvalue weighted by Gasteiger charge is 2.00. The molecule has 3 nitrogen and oxygen atoms in total. The highest BCUT2D eigenvalue weighted by atomic mass is 14.9. The summed E-state index contributed by atoms with van der Waals surface area (Å²) in [5.74, 6) is 0. The molecule has 0 aliphatic heterocycles. The van der Waals surface area contributed by atoms with Gasteiger partial charge < -0.3 is 16.8 Å². The summed E-state index contributed by atoms with van der Waals surface area (Å²) in [5, 5.41) is 3.01. The Balaban J connectivity index is 3.25. The van der Waals surface area contributed by atoms with E-state index in [1.54, 1.807) is 6.07 Å². The highest BCUT2D eigenvalue weighted by molar-refractivity contribution is 5.74. The number of aryl methyl sites for hydroxylation is 1. The van der Waals surface area contributed by atoms with Crippen LogP contribution in [-0.4, -0.2) is 7.05 Å². The van der Waals surface area contributed by atoms with Crippen molar-refractivity contribution in [3.8, 4) is 0 Å². The van der Waals surface area contributed by atoms with E-state index < -0.39 is 0 Å². The van der Waals surface area contributed by atoms with Crippen LogP contribution in [0.15, 0.2) is 12.1 Å². The SMILES string of the molecule is CNc1c(C)cc(N)cc1N. The van der Waals surface area contributed by atoms with E-state index in [0.29, 0.717) is 11.4 Å². The molecule has 60 valence electrons. The molecule has 0 atom stereocenters. The Bertz CT molecular complexity index is 245. The molecule has 0 bridgehead atoms. The maximum Gasteiger partial charge on any atom is 0.0602 e. The van der Waals surface area contributed by atoms with Crippen molar-refractivity contribution in [3.05, 3.63) is 17.7 Å². The first-order valence-corrected chi connectivity index (χ1v) is 3.48. The minimum Gasteiger partial charge on any atom is -0.399 e. The average molecular weight is 151 g/mol. The van der Waals surface area contributed by atoms with E-state index in [9.17, 15) is 0 Å². The lowest BCUT2D eigenvalue weighted by molar-refractivity contribution is 1.41. The Labute approximate surface area is 66.4 Å². The first kappa shape index (κ1) is 7.72. The summed E-state index contributed by atoms with van der Waals surface area (Å²) in [6.45, 7) is 1.97. The standard InChI is InChI=1S/C8H13N3/c1-5-3-6(9)4-7(10)8(5)11-2/h3-4,11H,9-10H2,1-2H3. The predicted molar refractivity (Wildman–Crippen MR) is 49.6 cm³/mol. The van der Waals surface area contributed by atoms with E-state index in [4.69, 9.17) is 11.5 Å². The summed E-state index contributed by atoms with van der Waals surface area (Å²) >= 11 is 0. The Morgan fingerprint density at radius 2 is 1.91 bits per heavy atom. The van der Waals surface area contributed by atoms with Crippen molar-refractivity contribution in [1.82, 2.24) is 0 Å². The summed E-state index contributed by atoms with van der Waals surface area (Å²) in [4.78, 5) is 0. The minimum atomic E-state index is 0.699. The summed E-state index contributed by atoms with van der Waals surface area (Å²) in [6.07, 6.45) is 0. The van der Waals surface area contributed by atoms with Crippen molar-refractivity contribution in [1.29, 1.82) is 0 Å². The van der Waals surface area contributed by atoms with E-state index in [-0.39, 0.29) is 0 Å². The van der Waals surface area contributed by atoms with Gasteiger partial charge in [0.25, 0.3) is 0 Å². The van der Waals surface area contributed by atoms with Crippen LogP contribution in [0.4, 0.5) is 17.1 Å². The van der Waals surface area contributed by atoms with Crippen LogP contribution >= 0.6 is 0 Å². The summed E-state index contributed by atoms with van der Waals surface area (Å²) in [5.41, 5.74) is 14.7. The van der Waals surface area contributed by atoms with Crippen LogP contribution in [0.1, 0.15) is 5.56 Å². The molecule has 0 amide bonds. The van der Waals surface area contributed by atoms with E-state index >= 15 is 0 Å². The quantitative estimate of drug-likeness (QED) is 0.528. The van der Waals surface area contributed by atoms with Crippen LogP contribution in [0, 0.1) is 6.92 Å². The van der Waals surface area contributed by atoms with Crippen LogP contribution in [0.5, 0.6) is 0 Å². The summed E-state index contributed by atoms with van der Waals surface area (Å²) in [6, 6.07) is 3.64. The molecule has 0 spiro atoms. The number of nitrogens with one attached hydrogen (secondary N) is 1. The lowest BCUT2D eigenvalue weighted by Crippen LogP contribution is -1.99. The number of anilines is 3. The van der Waals surface area contributed by atoms with Crippen LogP contribution in [0.25, 0.3) is 0 Å². The molecule has 11 heavy (non-hydrogen) atoms. The molecule has 1 aromatic rings. The lowest BCUT2D eigenvalue weighted by Gasteiger charge is -2.09. The van der Waals surface area contributed by atoms with Gasteiger partial charge in [-0.25, -0.2) is 0 Å². The molecule has 1 aromatic carbocycles. The van der Waals surface area contributed by atoms with E-state index in [2.05, 4.69) is 5.32 Å². The van der Waals surface area contributed by atoms with E-state index in [1.165, 1.54) is 0 Å². The van der Waals surface area contributed by atoms with Gasteiger partial charge in [-0.3, -0.25) is 0 Å². The average Bonchev–Trinajstić information content (AvgIpc) is 1.85. The number of nitrogen functional groups attached to an aromatic ring is 2. The van der Waals surface area contributed by atoms with Gasteiger partial charge in [-0.2, -0.15) is 0 Å². The zero-order chi connectivity index (χ0) is 8.43. The van der Waals surface area contributed by atoms with Crippen molar-refractivity contribution < 1.29 is 0 Å². The summed E-state index contributed by atoms with van der Waals surface area (Å²) in [7, 11) is 1.84. The molecule has 0 heterocycles. The van der Waals surface area contributed by atoms with Crippen LogP contribution in [-0.2, 0) is 0 Å². The molecular weight excluding hydrogens is 138 g/mol. The second-order valence-electron chi connectivity index (χ2n) is 2.55. The largest absolute Gasteiger partial charge is 0.399 e. The molecule has 0 aliphatic rings. The molecular formula is C8H13N3. The maximum atomic E-state index is 5.69. The Kier molecular flexibility index (Phi) is 1.89. The summed E-state index contributed by atoms with van der Waals surface area (Å²) < 4.78 is 0. The fraction of sp³-hybridized carbons (Fsp3) is 0.250. The normalized spacial score (nSPS) is 9.64. The topological polar surface area (TPSA) is 64.1 Å². The van der Waals surface area contributed by atoms with Crippen molar-refractivity contribution >= 4 is 17.1 Å². The second kappa shape index (κ2) is 2.70. The van der Waals surface area contributed by atoms with Gasteiger partial charge in [-0.1, -0.05) is 0 Å². The first-order chi connectivity index (χ1) is 5.15. The van der Waals surface area contributed by atoms with Gasteiger partial charge >= 0.3 is 0 Å². The van der Waals surface area contributed by atoms with Crippen molar-refractivity contribution in [2.45, 2.75) is 6.92 Å². The molecule has 0 aromatic heterocycles. The smallest absolute Gasteiger partial charge is 0.0602 e. The predicted octanol–water partition coefficient (Wildman–Crippen LogP) is 1.20. The van der Waals surface area contributed by atoms with Crippen LogP contribution in [0.3, 0.4) is 0 Å². The Hall–Kier alpha value is -1.38. The van der Waals surface area contributed by atoms with E-state index in [0.717, 1.165) is 11.3 Å². The molecule has 0 aliphatic carbocycles. The first-order valence-electron chi connectivity index (χ1n) is 3.48. The van der Waals surface area contributed by atoms with Gasteiger partial charge in [0.2, 0.25) is 0 Å². The zero-order valence-electron chi connectivity index (χ0n) is 6.81. The molecule has 3 heteroatoms. The number of hydrogen-bond donors (Lipinski definition) is 3. The fourth-order valence-electron chi connectivity index (χ4n) is 1.18. The van der Waals surface area contributed by atoms with Crippen LogP contribution in [0.2, 0.25) is 0 Å². The van der Waals surface area contributed by atoms with Gasteiger partial charge in [0, 0.05) is 12.7 Å². The molecule has 0 unspecified atom stereocenters. The van der Waals surface area contributed by atoms with Crippen molar-refractivity contribution in [2.75, 3.05) is 23.8 Å². The highest BCUT2D eigenvalue weighted by Crippen LogP contribution is 2.25.